The van der Waals surface area contributed by atoms with Gasteiger partial charge in [-0.15, -0.1) is 0 Å². The monoisotopic (exact) mass is 375 g/mol. The van der Waals surface area contributed by atoms with Crippen LogP contribution in [0.1, 0.15) is 44.1 Å². The van der Waals surface area contributed by atoms with Crippen LogP contribution in [-0.4, -0.2) is 15.7 Å². The van der Waals surface area contributed by atoms with E-state index in [1.165, 1.54) is 25.7 Å². The summed E-state index contributed by atoms with van der Waals surface area (Å²) in [6.07, 6.45) is 8.56. The number of carbonyl (C=O) groups excluding carboxylic acids is 1. The first-order valence-electron chi connectivity index (χ1n) is 8.27. The molecule has 1 amide bonds. The Balaban J connectivity index is 1.56. The Labute approximate surface area is 145 Å². The van der Waals surface area contributed by atoms with Crippen LogP contribution in [0.3, 0.4) is 0 Å². The summed E-state index contributed by atoms with van der Waals surface area (Å²) in [7, 11) is 0. The first-order chi connectivity index (χ1) is 11.2. The number of hydrogen-bond donors (Lipinski definition) is 1. The average molecular weight is 376 g/mol. The second-order valence-corrected chi connectivity index (χ2v) is 7.16. The second kappa shape index (κ2) is 7.77. The first-order valence-corrected chi connectivity index (χ1v) is 9.06. The van der Waals surface area contributed by atoms with Gasteiger partial charge in [-0.3, -0.25) is 4.79 Å². The topological polar surface area (TPSA) is 46.9 Å². The highest BCUT2D eigenvalue weighted by Gasteiger charge is 2.16. The maximum absolute atomic E-state index is 12.2. The van der Waals surface area contributed by atoms with E-state index in [9.17, 15) is 4.79 Å². The summed E-state index contributed by atoms with van der Waals surface area (Å²) in [5.74, 6) is 1.60. The van der Waals surface area contributed by atoms with Crippen molar-refractivity contribution in [2.45, 2.75) is 45.1 Å². The third-order valence-corrected chi connectivity index (χ3v) is 4.95. The van der Waals surface area contributed by atoms with E-state index in [0.29, 0.717) is 13.0 Å². The van der Waals surface area contributed by atoms with Crippen molar-refractivity contribution in [3.63, 3.8) is 0 Å². The second-order valence-electron chi connectivity index (χ2n) is 6.24. The third kappa shape index (κ3) is 4.67. The third-order valence-electron chi connectivity index (χ3n) is 4.46. The summed E-state index contributed by atoms with van der Waals surface area (Å²) < 4.78 is 2.87. The van der Waals surface area contributed by atoms with Crippen molar-refractivity contribution in [2.24, 2.45) is 5.92 Å². The fourth-order valence-electron chi connectivity index (χ4n) is 3.21. The number of halogens is 1. The maximum Gasteiger partial charge on any atom is 0.225 e. The number of nitrogens with one attached hydrogen (secondary N) is 1. The molecule has 1 aliphatic rings. The van der Waals surface area contributed by atoms with Crippen LogP contribution in [0.25, 0.3) is 0 Å². The van der Waals surface area contributed by atoms with Gasteiger partial charge in [0.1, 0.15) is 5.82 Å². The van der Waals surface area contributed by atoms with Gasteiger partial charge in [0.05, 0.1) is 12.7 Å². The number of amides is 1. The summed E-state index contributed by atoms with van der Waals surface area (Å²) in [5, 5.41) is 7.32. The van der Waals surface area contributed by atoms with Crippen LogP contribution >= 0.6 is 15.9 Å². The van der Waals surface area contributed by atoms with E-state index in [-0.39, 0.29) is 5.91 Å². The average Bonchev–Trinajstić information content (AvgIpc) is 3.18. The van der Waals surface area contributed by atoms with Crippen molar-refractivity contribution in [1.82, 2.24) is 9.78 Å². The molecule has 0 radical (unpaired) electrons. The van der Waals surface area contributed by atoms with Gasteiger partial charge in [0.15, 0.2) is 0 Å². The van der Waals surface area contributed by atoms with E-state index in [1.54, 1.807) is 6.20 Å². The lowest BCUT2D eigenvalue weighted by molar-refractivity contribution is -0.116. The van der Waals surface area contributed by atoms with Crippen LogP contribution in [0, 0.1) is 5.92 Å². The van der Waals surface area contributed by atoms with E-state index in [1.807, 2.05) is 22.9 Å². The minimum Gasteiger partial charge on any atom is -0.311 e. The van der Waals surface area contributed by atoms with Gasteiger partial charge in [-0.1, -0.05) is 53.7 Å². The zero-order valence-corrected chi connectivity index (χ0v) is 14.8. The molecule has 4 nitrogen and oxygen atoms in total. The summed E-state index contributed by atoms with van der Waals surface area (Å²) in [4.78, 5) is 12.2. The maximum atomic E-state index is 12.2. The summed E-state index contributed by atoms with van der Waals surface area (Å²) in [5.41, 5.74) is 1.14. The zero-order valence-electron chi connectivity index (χ0n) is 13.2. The Morgan fingerprint density at radius 1 is 1.30 bits per heavy atom. The molecule has 3 rings (SSSR count). The lowest BCUT2D eigenvalue weighted by Crippen LogP contribution is -2.16. The molecule has 0 spiro atoms. The van der Waals surface area contributed by atoms with Gasteiger partial charge in [0.2, 0.25) is 5.91 Å². The lowest BCUT2D eigenvalue weighted by Gasteiger charge is -2.11. The standard InChI is InChI=1S/C18H22BrN3O/c19-16-7-3-6-15(12-16)13-22-17(10-11-20-22)21-18(23)9-8-14-4-1-2-5-14/h3,6-7,10-12,14H,1-2,4-5,8-9,13H2,(H,21,23). The highest BCUT2D eigenvalue weighted by molar-refractivity contribution is 9.10. The molecule has 0 unspecified atom stereocenters. The number of carbonyl (C=O) groups is 1. The molecule has 0 saturated heterocycles. The molecule has 1 aliphatic carbocycles. The summed E-state index contributed by atoms with van der Waals surface area (Å²) in [6.45, 7) is 0.644. The van der Waals surface area contributed by atoms with Crippen LogP contribution in [0.5, 0.6) is 0 Å². The SMILES string of the molecule is O=C(CCC1CCCC1)Nc1ccnn1Cc1cccc(Br)c1. The van der Waals surface area contributed by atoms with Crippen molar-refractivity contribution in [3.8, 4) is 0 Å². The summed E-state index contributed by atoms with van der Waals surface area (Å²) >= 11 is 3.48. The Kier molecular flexibility index (Phi) is 5.49. The molecule has 1 aromatic carbocycles. The number of hydrogen-bond acceptors (Lipinski definition) is 2. The molecular formula is C18H22BrN3O. The minimum absolute atomic E-state index is 0.0906. The van der Waals surface area contributed by atoms with Gasteiger partial charge < -0.3 is 5.32 Å². The predicted octanol–water partition coefficient (Wildman–Crippen LogP) is 4.60. The normalized spacial score (nSPS) is 15.0. The Bertz CT molecular complexity index is 662. The Hall–Kier alpha value is -1.62. The van der Waals surface area contributed by atoms with Crippen LogP contribution in [0.2, 0.25) is 0 Å². The van der Waals surface area contributed by atoms with Crippen molar-refractivity contribution in [1.29, 1.82) is 0 Å². The van der Waals surface area contributed by atoms with Gasteiger partial charge in [-0.2, -0.15) is 5.10 Å². The molecule has 0 atom stereocenters. The van der Waals surface area contributed by atoms with E-state index in [0.717, 1.165) is 28.2 Å². The van der Waals surface area contributed by atoms with E-state index < -0.39 is 0 Å². The highest BCUT2D eigenvalue weighted by atomic mass is 79.9. The van der Waals surface area contributed by atoms with E-state index in [2.05, 4.69) is 38.5 Å². The molecule has 1 fully saturated rings. The molecule has 1 N–H and O–H groups in total. The Morgan fingerprint density at radius 2 is 2.13 bits per heavy atom. The molecule has 1 saturated carbocycles. The predicted molar refractivity (Wildman–Crippen MR) is 95.3 cm³/mol. The smallest absolute Gasteiger partial charge is 0.225 e. The summed E-state index contributed by atoms with van der Waals surface area (Å²) in [6, 6.07) is 9.97. The molecule has 5 heteroatoms. The molecule has 0 bridgehead atoms. The van der Waals surface area contributed by atoms with Gasteiger partial charge >= 0.3 is 0 Å². The van der Waals surface area contributed by atoms with Crippen molar-refractivity contribution in [3.05, 3.63) is 46.6 Å². The van der Waals surface area contributed by atoms with Crippen LogP contribution < -0.4 is 5.32 Å². The molecule has 1 heterocycles. The number of benzene rings is 1. The van der Waals surface area contributed by atoms with Gasteiger partial charge in [0.25, 0.3) is 0 Å². The molecule has 2 aromatic rings. The number of nitrogens with zero attached hydrogens (tertiary/aromatic N) is 2. The lowest BCUT2D eigenvalue weighted by atomic mass is 10.0. The largest absolute Gasteiger partial charge is 0.311 e. The number of rotatable bonds is 6. The quantitative estimate of drug-likeness (QED) is 0.801. The van der Waals surface area contributed by atoms with E-state index >= 15 is 0 Å². The fourth-order valence-corrected chi connectivity index (χ4v) is 3.66. The fraction of sp³-hybridized carbons (Fsp3) is 0.444. The van der Waals surface area contributed by atoms with E-state index in [4.69, 9.17) is 0 Å². The molecule has 1 aromatic heterocycles. The van der Waals surface area contributed by atoms with Gasteiger partial charge in [-0.05, 0) is 30.0 Å². The van der Waals surface area contributed by atoms with Crippen LogP contribution in [0.15, 0.2) is 41.0 Å². The zero-order chi connectivity index (χ0) is 16.1. The highest BCUT2D eigenvalue weighted by Crippen LogP contribution is 2.28. The number of anilines is 1. The van der Waals surface area contributed by atoms with Gasteiger partial charge in [0, 0.05) is 17.0 Å². The van der Waals surface area contributed by atoms with Crippen LogP contribution in [0.4, 0.5) is 5.82 Å². The molecule has 23 heavy (non-hydrogen) atoms. The van der Waals surface area contributed by atoms with Crippen molar-refractivity contribution in [2.75, 3.05) is 5.32 Å². The van der Waals surface area contributed by atoms with Crippen molar-refractivity contribution >= 4 is 27.7 Å². The van der Waals surface area contributed by atoms with Crippen molar-refractivity contribution < 1.29 is 4.79 Å². The molecule has 122 valence electrons. The Morgan fingerprint density at radius 3 is 2.91 bits per heavy atom. The molecular weight excluding hydrogens is 354 g/mol. The van der Waals surface area contributed by atoms with Gasteiger partial charge in [-0.25, -0.2) is 4.68 Å². The molecule has 0 aliphatic heterocycles. The minimum atomic E-state index is 0.0906. The first kappa shape index (κ1) is 16.2. The number of aromatic nitrogens is 2. The van der Waals surface area contributed by atoms with Crippen LogP contribution in [-0.2, 0) is 11.3 Å².